The summed E-state index contributed by atoms with van der Waals surface area (Å²) in [7, 11) is 2.07. The number of fused-ring (bicyclic) bond motifs is 1. The Morgan fingerprint density at radius 2 is 1.87 bits per heavy atom. The summed E-state index contributed by atoms with van der Waals surface area (Å²) < 4.78 is 14.2. The third kappa shape index (κ3) is 4.26. The van der Waals surface area contributed by atoms with Crippen molar-refractivity contribution in [3.05, 3.63) is 83.2 Å². The number of hydrogen-bond donors (Lipinski definition) is 2. The first kappa shape index (κ1) is 20.9. The second kappa shape index (κ2) is 8.42. The Kier molecular flexibility index (Phi) is 5.68. The predicted molar refractivity (Wildman–Crippen MR) is 120 cm³/mol. The highest BCUT2D eigenvalue weighted by molar-refractivity contribution is 5.70. The molecule has 1 heterocycles. The van der Waals surface area contributed by atoms with E-state index < -0.39 is 11.9 Å². The molecule has 4 rings (SSSR count). The van der Waals surface area contributed by atoms with Crippen LogP contribution in [0.5, 0.6) is 5.75 Å². The van der Waals surface area contributed by atoms with Crippen molar-refractivity contribution < 1.29 is 19.4 Å². The Balaban J connectivity index is 1.58. The lowest BCUT2D eigenvalue weighted by atomic mass is 9.89. The molecule has 2 atom stereocenters. The van der Waals surface area contributed by atoms with Crippen LogP contribution in [0.3, 0.4) is 0 Å². The quantitative estimate of drug-likeness (QED) is 0.566. The van der Waals surface area contributed by atoms with Gasteiger partial charge in [-0.15, -0.1) is 0 Å². The molecule has 0 bridgehead atoms. The fraction of sp³-hybridized carbons (Fsp3) is 0.269. The van der Waals surface area contributed by atoms with Gasteiger partial charge in [0.15, 0.2) is 0 Å². The highest BCUT2D eigenvalue weighted by atomic mass is 19.1. The number of carboxylic acids is 1. The minimum atomic E-state index is -0.785. The number of aliphatic carboxylic acids is 1. The van der Waals surface area contributed by atoms with Gasteiger partial charge >= 0.3 is 5.97 Å². The van der Waals surface area contributed by atoms with Crippen molar-refractivity contribution in [1.82, 2.24) is 0 Å². The Labute approximate surface area is 181 Å². The van der Waals surface area contributed by atoms with Gasteiger partial charge in [0.1, 0.15) is 11.6 Å². The molecule has 0 saturated carbocycles. The van der Waals surface area contributed by atoms with Crippen molar-refractivity contribution in [3.63, 3.8) is 0 Å². The van der Waals surface area contributed by atoms with Crippen LogP contribution in [0, 0.1) is 11.7 Å². The van der Waals surface area contributed by atoms with Crippen LogP contribution in [0.1, 0.15) is 36.1 Å². The molecule has 2 N–H and O–H groups in total. The number of hydrogen-bond acceptors (Lipinski definition) is 3. The predicted octanol–water partition coefficient (Wildman–Crippen LogP) is 5.59. The molecular weight excluding hydrogens is 393 g/mol. The molecule has 1 aliphatic heterocycles. The number of aromatic hydroxyl groups is 1. The van der Waals surface area contributed by atoms with Crippen molar-refractivity contribution >= 4 is 11.7 Å². The van der Waals surface area contributed by atoms with Gasteiger partial charge in [0.05, 0.1) is 12.0 Å². The fourth-order valence-corrected chi connectivity index (χ4v) is 4.38. The van der Waals surface area contributed by atoms with Gasteiger partial charge in [0.2, 0.25) is 0 Å². The van der Waals surface area contributed by atoms with Crippen molar-refractivity contribution in [1.29, 1.82) is 0 Å². The van der Waals surface area contributed by atoms with E-state index >= 15 is 0 Å². The Bertz CT molecular complexity index is 1110. The van der Waals surface area contributed by atoms with E-state index in [1.54, 1.807) is 6.92 Å². The topological polar surface area (TPSA) is 60.8 Å². The highest BCUT2D eigenvalue weighted by Crippen LogP contribution is 2.39. The maximum Gasteiger partial charge on any atom is 0.306 e. The Morgan fingerprint density at radius 1 is 1.13 bits per heavy atom. The van der Waals surface area contributed by atoms with Crippen LogP contribution in [0.15, 0.2) is 60.7 Å². The number of halogens is 1. The lowest BCUT2D eigenvalue weighted by Gasteiger charge is -2.37. The van der Waals surface area contributed by atoms with Gasteiger partial charge in [-0.25, -0.2) is 4.39 Å². The van der Waals surface area contributed by atoms with Gasteiger partial charge in [-0.05, 0) is 65.8 Å². The summed E-state index contributed by atoms with van der Waals surface area (Å²) in [5.41, 5.74) is 5.67. The van der Waals surface area contributed by atoms with Crippen LogP contribution in [0.2, 0.25) is 0 Å². The summed E-state index contributed by atoms with van der Waals surface area (Å²) >= 11 is 0. The highest BCUT2D eigenvalue weighted by Gasteiger charge is 2.25. The van der Waals surface area contributed by atoms with Gasteiger partial charge < -0.3 is 15.1 Å². The van der Waals surface area contributed by atoms with Crippen molar-refractivity contribution in [2.75, 3.05) is 11.9 Å². The molecule has 0 spiro atoms. The monoisotopic (exact) mass is 419 g/mol. The standard InChI is InChI=1S/C26H26FNO3/c1-16(26(30)31)13-17-3-4-20-9-12-24(28(2)25(20)14-17)19-7-5-18(6-8-19)22-15-21(29)10-11-23(22)27/h3-8,10-11,14-16,24,29H,9,12-13H2,1-2H3,(H,30,31)/t16-,24?/m0/s1. The number of anilines is 1. The van der Waals surface area contributed by atoms with Gasteiger partial charge in [0.25, 0.3) is 0 Å². The molecule has 160 valence electrons. The number of carbonyl (C=O) groups is 1. The van der Waals surface area contributed by atoms with Crippen LogP contribution in [0.25, 0.3) is 11.1 Å². The zero-order chi connectivity index (χ0) is 22.1. The molecule has 4 nitrogen and oxygen atoms in total. The average Bonchev–Trinajstić information content (AvgIpc) is 2.76. The zero-order valence-electron chi connectivity index (χ0n) is 17.7. The second-order valence-corrected chi connectivity index (χ2v) is 8.36. The zero-order valence-corrected chi connectivity index (χ0v) is 17.7. The first-order chi connectivity index (χ1) is 14.8. The van der Waals surface area contributed by atoms with E-state index in [-0.39, 0.29) is 17.6 Å². The fourth-order valence-electron chi connectivity index (χ4n) is 4.38. The van der Waals surface area contributed by atoms with Crippen molar-refractivity contribution in [2.45, 2.75) is 32.2 Å². The molecule has 0 saturated heterocycles. The summed E-state index contributed by atoms with van der Waals surface area (Å²) in [5, 5.41) is 18.9. The number of phenolic OH excluding ortho intramolecular Hbond substituents is 1. The average molecular weight is 419 g/mol. The molecule has 0 aliphatic carbocycles. The first-order valence-electron chi connectivity index (χ1n) is 10.5. The SMILES string of the molecule is C[C@@H](Cc1ccc2c(c1)N(C)C(c1ccc(-c3cc(O)ccc3F)cc1)CC2)C(=O)O. The van der Waals surface area contributed by atoms with Crippen LogP contribution in [0.4, 0.5) is 10.1 Å². The molecule has 3 aromatic rings. The molecule has 1 aliphatic rings. The summed E-state index contributed by atoms with van der Waals surface area (Å²) in [6, 6.07) is 18.3. The molecule has 0 amide bonds. The van der Waals surface area contributed by atoms with E-state index in [1.807, 2.05) is 30.3 Å². The van der Waals surface area contributed by atoms with Gasteiger partial charge in [-0.1, -0.05) is 43.3 Å². The number of phenols is 1. The smallest absolute Gasteiger partial charge is 0.306 e. The first-order valence-corrected chi connectivity index (χ1v) is 10.5. The number of benzene rings is 3. The van der Waals surface area contributed by atoms with E-state index in [4.69, 9.17) is 0 Å². The molecule has 31 heavy (non-hydrogen) atoms. The van der Waals surface area contributed by atoms with E-state index in [0.29, 0.717) is 12.0 Å². The third-order valence-corrected chi connectivity index (χ3v) is 6.20. The summed E-state index contributed by atoms with van der Waals surface area (Å²) in [5.74, 6) is -1.53. The Morgan fingerprint density at radius 3 is 2.58 bits per heavy atom. The lowest BCUT2D eigenvalue weighted by Crippen LogP contribution is -2.29. The van der Waals surface area contributed by atoms with Crippen LogP contribution in [-0.2, 0) is 17.6 Å². The van der Waals surface area contributed by atoms with Crippen LogP contribution >= 0.6 is 0 Å². The maximum absolute atomic E-state index is 14.2. The Hall–Kier alpha value is -3.34. The molecule has 0 fully saturated rings. The number of nitrogens with zero attached hydrogens (tertiary/aromatic N) is 1. The number of aryl methyl sites for hydroxylation is 1. The van der Waals surface area contributed by atoms with E-state index in [0.717, 1.165) is 35.2 Å². The van der Waals surface area contributed by atoms with Gasteiger partial charge in [-0.2, -0.15) is 0 Å². The minimum absolute atomic E-state index is 0.0390. The lowest BCUT2D eigenvalue weighted by molar-refractivity contribution is -0.141. The van der Waals surface area contributed by atoms with Crippen molar-refractivity contribution in [3.8, 4) is 16.9 Å². The normalized spacial score (nSPS) is 16.6. The number of rotatable bonds is 5. The van der Waals surface area contributed by atoms with E-state index in [9.17, 15) is 19.4 Å². The molecule has 1 unspecified atom stereocenters. The molecule has 3 aromatic carbocycles. The van der Waals surface area contributed by atoms with E-state index in [2.05, 4.69) is 24.1 Å². The summed E-state index contributed by atoms with van der Waals surface area (Å²) in [6.07, 6.45) is 2.42. The minimum Gasteiger partial charge on any atom is -0.508 e. The molecule has 0 aromatic heterocycles. The molecular formula is C26H26FNO3. The largest absolute Gasteiger partial charge is 0.508 e. The summed E-state index contributed by atoms with van der Waals surface area (Å²) in [4.78, 5) is 13.5. The van der Waals surface area contributed by atoms with Crippen LogP contribution < -0.4 is 4.90 Å². The van der Waals surface area contributed by atoms with Crippen LogP contribution in [-0.4, -0.2) is 23.2 Å². The summed E-state index contributed by atoms with van der Waals surface area (Å²) in [6.45, 7) is 1.73. The van der Waals surface area contributed by atoms with Gasteiger partial charge in [0, 0.05) is 18.3 Å². The van der Waals surface area contributed by atoms with E-state index in [1.165, 1.54) is 23.8 Å². The second-order valence-electron chi connectivity index (χ2n) is 8.36. The van der Waals surface area contributed by atoms with Gasteiger partial charge in [-0.3, -0.25) is 4.79 Å². The maximum atomic E-state index is 14.2. The molecule has 5 heteroatoms. The van der Waals surface area contributed by atoms with Crippen molar-refractivity contribution in [2.24, 2.45) is 5.92 Å². The number of carboxylic acid groups (broad SMARTS) is 1. The molecule has 0 radical (unpaired) electrons. The third-order valence-electron chi connectivity index (χ3n) is 6.20.